The number of halogens is 3. The van der Waals surface area contributed by atoms with Crippen molar-refractivity contribution in [1.82, 2.24) is 15.0 Å². The van der Waals surface area contributed by atoms with E-state index in [2.05, 4.69) is 115 Å². The first kappa shape index (κ1) is 76.5. The van der Waals surface area contributed by atoms with E-state index in [0.29, 0.717) is 40.7 Å². The van der Waals surface area contributed by atoms with Crippen LogP contribution in [0.2, 0.25) is 0 Å². The molecular formula is C71H112F3N3O6. The molecule has 0 spiro atoms. The van der Waals surface area contributed by atoms with Gasteiger partial charge in [-0.25, -0.2) is 23.1 Å². The summed E-state index contributed by atoms with van der Waals surface area (Å²) < 4.78 is 69.3. The zero-order valence-corrected chi connectivity index (χ0v) is 55.2. The number of hydrogen-bond donors (Lipinski definition) is 0. The second-order valence-corrected chi connectivity index (χ2v) is 24.2. The average Bonchev–Trinajstić information content (AvgIpc) is 3.46. The van der Waals surface area contributed by atoms with Gasteiger partial charge in [-0.05, 0) is 192 Å². The number of hydrogen-bond acceptors (Lipinski definition) is 9. The Morgan fingerprint density at radius 3 is 0.928 bits per heavy atom. The van der Waals surface area contributed by atoms with Crippen molar-refractivity contribution in [2.45, 2.75) is 215 Å². The lowest BCUT2D eigenvalue weighted by atomic mass is 9.84. The lowest BCUT2D eigenvalue weighted by molar-refractivity contribution is -0.187. The number of nitrogens with zero attached hydrogens (tertiary/aromatic N) is 3. The second kappa shape index (κ2) is 44.0. The summed E-state index contributed by atoms with van der Waals surface area (Å²) in [6.07, 6.45) is 17.7. The number of rotatable bonds is 0. The minimum absolute atomic E-state index is 0.0196. The third kappa shape index (κ3) is 39.6. The van der Waals surface area contributed by atoms with E-state index in [1.165, 1.54) is 88.0 Å². The molecule has 6 heterocycles. The summed E-state index contributed by atoms with van der Waals surface area (Å²) in [4.78, 5) is 12.0. The molecule has 0 amide bonds. The van der Waals surface area contributed by atoms with Crippen LogP contribution < -0.4 is 0 Å². The molecule has 4 saturated heterocycles. The molecule has 9 nitrogen and oxygen atoms in total. The molecule has 4 aliphatic heterocycles. The Hall–Kier alpha value is -4.56. The first-order valence-electron chi connectivity index (χ1n) is 30.6. The van der Waals surface area contributed by atoms with E-state index in [9.17, 15) is 13.2 Å². The Labute approximate surface area is 503 Å². The van der Waals surface area contributed by atoms with Crippen LogP contribution in [0, 0.1) is 122 Å². The molecular weight excluding hydrogens is 1050 g/mol. The van der Waals surface area contributed by atoms with E-state index in [-0.39, 0.29) is 18.4 Å². The summed E-state index contributed by atoms with van der Waals surface area (Å²) in [5.74, 6) is 4.03. The second-order valence-electron chi connectivity index (χ2n) is 24.2. The van der Waals surface area contributed by atoms with Gasteiger partial charge in [0.1, 0.15) is 11.6 Å². The van der Waals surface area contributed by atoms with E-state index in [0.717, 1.165) is 86.0 Å². The van der Waals surface area contributed by atoms with Crippen LogP contribution in [0.5, 0.6) is 0 Å². The zero-order chi connectivity index (χ0) is 62.4. The van der Waals surface area contributed by atoms with Crippen LogP contribution in [-0.4, -0.2) is 79.4 Å². The molecule has 2 unspecified atom stereocenters. The topological polar surface area (TPSA) is 94.1 Å². The molecule has 5 aromatic rings. The summed E-state index contributed by atoms with van der Waals surface area (Å²) in [5, 5.41) is 0. The Kier molecular flexibility index (Phi) is 40.5. The van der Waals surface area contributed by atoms with Crippen molar-refractivity contribution in [2.24, 2.45) is 35.5 Å². The number of aryl methyl sites for hydroxylation is 10. The van der Waals surface area contributed by atoms with E-state index in [1.54, 1.807) is 25.1 Å². The van der Waals surface area contributed by atoms with Gasteiger partial charge in [0.15, 0.2) is 24.2 Å². The molecule has 2 aromatic heterocycles. The molecule has 468 valence electrons. The highest BCUT2D eigenvalue weighted by Gasteiger charge is 2.17. The smallest absolute Gasteiger partial charge is 0.161 e. The highest BCUT2D eigenvalue weighted by molar-refractivity contribution is 5.24. The average molecular weight is 1160 g/mol. The fourth-order valence-corrected chi connectivity index (χ4v) is 7.92. The Morgan fingerprint density at radius 1 is 0.325 bits per heavy atom. The molecule has 4 atom stereocenters. The summed E-state index contributed by atoms with van der Waals surface area (Å²) in [6.45, 7) is 45.7. The number of pyridine rings is 1. The molecule has 10 rings (SSSR count). The maximum atomic E-state index is 12.6. The van der Waals surface area contributed by atoms with Crippen molar-refractivity contribution in [1.29, 1.82) is 0 Å². The first-order chi connectivity index (χ1) is 39.1. The van der Waals surface area contributed by atoms with Crippen molar-refractivity contribution < 1.29 is 41.6 Å². The number of ether oxygens (including phenoxy) is 6. The Morgan fingerprint density at radius 2 is 0.651 bits per heavy atom. The monoisotopic (exact) mass is 1160 g/mol. The number of aromatic nitrogens is 3. The van der Waals surface area contributed by atoms with Crippen molar-refractivity contribution in [3.05, 3.63) is 159 Å². The zero-order valence-electron chi connectivity index (χ0n) is 55.2. The molecule has 83 heavy (non-hydrogen) atoms. The van der Waals surface area contributed by atoms with Gasteiger partial charge >= 0.3 is 0 Å². The quantitative estimate of drug-likeness (QED) is 0.150. The van der Waals surface area contributed by atoms with Gasteiger partial charge in [0.05, 0.1) is 38.6 Å². The van der Waals surface area contributed by atoms with Gasteiger partial charge < -0.3 is 28.4 Å². The Bertz CT molecular complexity index is 2010. The van der Waals surface area contributed by atoms with Gasteiger partial charge in [-0.15, -0.1) is 0 Å². The third-order valence-electron chi connectivity index (χ3n) is 14.2. The van der Waals surface area contributed by atoms with Crippen LogP contribution in [0.3, 0.4) is 0 Å². The first-order valence-corrected chi connectivity index (χ1v) is 30.6. The fourth-order valence-electron chi connectivity index (χ4n) is 7.92. The Balaban J connectivity index is 0.000000461. The lowest BCUT2D eigenvalue weighted by Gasteiger charge is -2.24. The molecule has 1 saturated carbocycles. The molecule has 5 aliphatic rings. The highest BCUT2D eigenvalue weighted by atomic mass is 19.2. The van der Waals surface area contributed by atoms with Crippen LogP contribution >= 0.6 is 0 Å². The van der Waals surface area contributed by atoms with Crippen LogP contribution in [0.25, 0.3) is 0 Å². The van der Waals surface area contributed by atoms with Crippen LogP contribution in [-0.2, 0) is 28.4 Å². The van der Waals surface area contributed by atoms with Crippen LogP contribution in [0.4, 0.5) is 13.2 Å². The van der Waals surface area contributed by atoms with Crippen molar-refractivity contribution in [3.8, 4) is 0 Å². The van der Waals surface area contributed by atoms with E-state index in [1.807, 2.05) is 79.2 Å². The minimum atomic E-state index is -0.736. The third-order valence-corrected chi connectivity index (χ3v) is 14.2. The molecule has 5 fully saturated rings. The SMILES string of the molecule is CC1CCC(C)CC1.CC1CC[C@@H](C)CO1.CC1CC[C@@H](C)OC1.CC1COC(C)OC1.CC1COC(C)OC1.Cc1ccc(C)c(F)c1.Cc1ccc(C)c(F)c1F.Cc1ccc(C)cc1.Cc1ccc(C)nc1.Cc1cnc(C)nc1. The molecule has 12 heteroatoms. The predicted molar refractivity (Wildman–Crippen MR) is 338 cm³/mol. The number of benzene rings is 3. The highest BCUT2D eigenvalue weighted by Crippen LogP contribution is 2.27. The van der Waals surface area contributed by atoms with Crippen molar-refractivity contribution >= 4 is 0 Å². The van der Waals surface area contributed by atoms with Gasteiger partial charge in [-0.3, -0.25) is 4.98 Å². The van der Waals surface area contributed by atoms with Gasteiger partial charge in [-0.2, -0.15) is 0 Å². The standard InChI is InChI=1S/C8H8F2.C8H9F.C8H16.C8H10.C7H9N.2C7H14O.C6H8N2.2C6H12O2/c1-5-3-4-6(2)8(10)7(5)9;1-6-3-4-7(2)8(9)5-6;2*1-7-3-5-8(2)6-4-7;3*1-6-3-4-7(2)8-5-6;3*1-5-3-7-6(2)8-4-5/h3-4H,1-2H3;3-5H,1-2H3;7-8H,3-6H2,1-2H3;3-6H,1-2H3;3-5H,1-2H3;2*6-7H,3-5H2,1-2H3;3-4H,1-2H3;2*5-6H,3-4H2,1-2H3/t;;;;;6?,7-;6-,7?;;;/m.....11.../s1. The molecule has 0 radical (unpaired) electrons. The van der Waals surface area contributed by atoms with E-state index >= 15 is 0 Å². The van der Waals surface area contributed by atoms with Gasteiger partial charge in [0, 0.05) is 49.3 Å². The summed E-state index contributed by atoms with van der Waals surface area (Å²) in [6, 6.07) is 20.9. The maximum absolute atomic E-state index is 12.6. The van der Waals surface area contributed by atoms with E-state index in [4.69, 9.17) is 28.4 Å². The minimum Gasteiger partial charge on any atom is -0.378 e. The van der Waals surface area contributed by atoms with Crippen LogP contribution in [0.15, 0.2) is 85.3 Å². The van der Waals surface area contributed by atoms with E-state index < -0.39 is 11.6 Å². The molecule has 3 aromatic carbocycles. The summed E-state index contributed by atoms with van der Waals surface area (Å²) >= 11 is 0. The van der Waals surface area contributed by atoms with Crippen molar-refractivity contribution in [3.63, 3.8) is 0 Å². The fraction of sp³-hybridized carbons (Fsp3) is 0.620. The van der Waals surface area contributed by atoms with Gasteiger partial charge in [0.2, 0.25) is 0 Å². The predicted octanol–water partition coefficient (Wildman–Crippen LogP) is 18.6. The molecule has 1 aliphatic carbocycles. The van der Waals surface area contributed by atoms with Crippen molar-refractivity contribution in [2.75, 3.05) is 39.6 Å². The largest absolute Gasteiger partial charge is 0.378 e. The lowest BCUT2D eigenvalue weighted by Crippen LogP contribution is -2.27. The normalized spacial score (nSPS) is 24.1. The van der Waals surface area contributed by atoms with Gasteiger partial charge in [0.25, 0.3) is 0 Å². The van der Waals surface area contributed by atoms with Gasteiger partial charge in [-0.1, -0.05) is 133 Å². The molecule has 0 bridgehead atoms. The summed E-state index contributed by atoms with van der Waals surface area (Å²) in [7, 11) is 0. The molecule has 0 N–H and O–H groups in total. The maximum Gasteiger partial charge on any atom is 0.161 e. The van der Waals surface area contributed by atoms with Crippen LogP contribution in [0.1, 0.15) is 177 Å². The summed E-state index contributed by atoms with van der Waals surface area (Å²) in [5.41, 5.74) is 8.44.